The van der Waals surface area contributed by atoms with Gasteiger partial charge in [-0.25, -0.2) is 0 Å². The van der Waals surface area contributed by atoms with Gasteiger partial charge in [0.05, 0.1) is 5.60 Å². The third kappa shape index (κ3) is 2.90. The molecule has 1 heterocycles. The smallest absolute Gasteiger partial charge is 0.0715 e. The van der Waals surface area contributed by atoms with Crippen LogP contribution in [0.5, 0.6) is 0 Å². The Morgan fingerprint density at radius 3 is 3.11 bits per heavy atom. The van der Waals surface area contributed by atoms with Crippen molar-refractivity contribution in [1.29, 1.82) is 0 Å². The normalized spacial score (nSPS) is 21.6. The summed E-state index contributed by atoms with van der Waals surface area (Å²) in [5.74, 6) is 0.192. The predicted molar refractivity (Wildman–Crippen MR) is 73.7 cm³/mol. The molecule has 3 heteroatoms. The first-order valence-corrected chi connectivity index (χ1v) is 7.02. The van der Waals surface area contributed by atoms with Crippen LogP contribution in [0.15, 0.2) is 18.3 Å². The van der Waals surface area contributed by atoms with Gasteiger partial charge in [0.25, 0.3) is 0 Å². The van der Waals surface area contributed by atoms with Crippen molar-refractivity contribution in [3.8, 4) is 0 Å². The van der Waals surface area contributed by atoms with Gasteiger partial charge in [0, 0.05) is 17.8 Å². The van der Waals surface area contributed by atoms with Gasteiger partial charge >= 0.3 is 0 Å². The quantitative estimate of drug-likeness (QED) is 0.759. The Kier molecular flexibility index (Phi) is 4.36. The Morgan fingerprint density at radius 2 is 2.33 bits per heavy atom. The summed E-state index contributed by atoms with van der Waals surface area (Å²) in [5, 5.41) is 14.0. The molecule has 0 fully saturated rings. The van der Waals surface area contributed by atoms with Gasteiger partial charge in [-0.2, -0.15) is 0 Å². The van der Waals surface area contributed by atoms with Crippen LogP contribution in [0.2, 0.25) is 0 Å². The zero-order valence-corrected chi connectivity index (χ0v) is 11.4. The molecule has 18 heavy (non-hydrogen) atoms. The highest BCUT2D eigenvalue weighted by Gasteiger charge is 2.37. The van der Waals surface area contributed by atoms with Gasteiger partial charge in [0.15, 0.2) is 0 Å². The van der Waals surface area contributed by atoms with Crippen LogP contribution in [0.1, 0.15) is 50.3 Å². The standard InChI is InChI=1S/C15H24N2O/c1-3-9-16-11-8-15(2,18)13-7-6-12-5-4-10-17-14(12)13/h4-5,10,13,16,18H,3,6-9,11H2,1-2H3. The van der Waals surface area contributed by atoms with Gasteiger partial charge in [-0.05, 0) is 57.3 Å². The monoisotopic (exact) mass is 248 g/mol. The molecule has 2 atom stereocenters. The minimum atomic E-state index is -0.652. The molecule has 0 saturated carbocycles. The van der Waals surface area contributed by atoms with Crippen molar-refractivity contribution in [3.05, 3.63) is 29.6 Å². The van der Waals surface area contributed by atoms with E-state index in [9.17, 15) is 5.11 Å². The fourth-order valence-corrected chi connectivity index (χ4v) is 2.84. The molecule has 1 aliphatic carbocycles. The molecule has 1 aromatic rings. The minimum absolute atomic E-state index is 0.192. The first kappa shape index (κ1) is 13.5. The molecule has 3 nitrogen and oxygen atoms in total. The summed E-state index contributed by atoms with van der Waals surface area (Å²) in [5.41, 5.74) is 1.77. The van der Waals surface area contributed by atoms with E-state index in [1.807, 2.05) is 19.2 Å². The van der Waals surface area contributed by atoms with Crippen molar-refractivity contribution < 1.29 is 5.11 Å². The van der Waals surface area contributed by atoms with Crippen LogP contribution in [0.3, 0.4) is 0 Å². The number of pyridine rings is 1. The number of nitrogens with one attached hydrogen (secondary N) is 1. The van der Waals surface area contributed by atoms with Crippen molar-refractivity contribution in [2.75, 3.05) is 13.1 Å². The van der Waals surface area contributed by atoms with Gasteiger partial charge in [0.2, 0.25) is 0 Å². The van der Waals surface area contributed by atoms with Crippen LogP contribution in [0.25, 0.3) is 0 Å². The van der Waals surface area contributed by atoms with Crippen LogP contribution in [-0.2, 0) is 6.42 Å². The SMILES string of the molecule is CCCNCCC(C)(O)C1CCc2cccnc21. The number of hydrogen-bond acceptors (Lipinski definition) is 3. The maximum absolute atomic E-state index is 10.7. The Morgan fingerprint density at radius 1 is 1.50 bits per heavy atom. The van der Waals surface area contributed by atoms with Gasteiger partial charge in [0.1, 0.15) is 0 Å². The highest BCUT2D eigenvalue weighted by Crippen LogP contribution is 2.40. The van der Waals surface area contributed by atoms with Gasteiger partial charge < -0.3 is 10.4 Å². The van der Waals surface area contributed by atoms with Crippen LogP contribution < -0.4 is 5.32 Å². The summed E-state index contributed by atoms with van der Waals surface area (Å²) in [7, 11) is 0. The summed E-state index contributed by atoms with van der Waals surface area (Å²) in [4.78, 5) is 4.47. The van der Waals surface area contributed by atoms with Crippen molar-refractivity contribution in [2.45, 2.75) is 51.0 Å². The maximum Gasteiger partial charge on any atom is 0.0715 e. The van der Waals surface area contributed by atoms with Crippen LogP contribution in [0, 0.1) is 0 Å². The van der Waals surface area contributed by atoms with E-state index in [1.165, 1.54) is 5.56 Å². The average molecular weight is 248 g/mol. The van der Waals surface area contributed by atoms with Crippen LogP contribution in [0.4, 0.5) is 0 Å². The lowest BCUT2D eigenvalue weighted by Gasteiger charge is -2.30. The Balaban J connectivity index is 1.98. The molecule has 0 radical (unpaired) electrons. The number of rotatable bonds is 6. The van der Waals surface area contributed by atoms with Crippen LogP contribution >= 0.6 is 0 Å². The van der Waals surface area contributed by atoms with Crippen molar-refractivity contribution in [1.82, 2.24) is 10.3 Å². The fourth-order valence-electron chi connectivity index (χ4n) is 2.84. The molecule has 0 aromatic carbocycles. The highest BCUT2D eigenvalue weighted by molar-refractivity contribution is 5.30. The topological polar surface area (TPSA) is 45.1 Å². The number of aromatic nitrogens is 1. The molecule has 2 N–H and O–H groups in total. The molecule has 0 aliphatic heterocycles. The van der Waals surface area contributed by atoms with E-state index in [4.69, 9.17) is 0 Å². The molecule has 0 saturated heterocycles. The van der Waals surface area contributed by atoms with E-state index in [0.717, 1.165) is 44.5 Å². The maximum atomic E-state index is 10.7. The number of fused-ring (bicyclic) bond motifs is 1. The molecular formula is C15H24N2O. The largest absolute Gasteiger partial charge is 0.389 e. The summed E-state index contributed by atoms with van der Waals surface area (Å²) in [6.07, 6.45) is 5.83. The summed E-state index contributed by atoms with van der Waals surface area (Å²) in [6.45, 7) is 6.01. The molecule has 100 valence electrons. The van der Waals surface area contributed by atoms with E-state index < -0.39 is 5.60 Å². The summed E-state index contributed by atoms with van der Waals surface area (Å²) < 4.78 is 0. The second-order valence-corrected chi connectivity index (χ2v) is 5.50. The Bertz CT molecular complexity index is 390. The first-order valence-electron chi connectivity index (χ1n) is 7.02. The minimum Gasteiger partial charge on any atom is -0.389 e. The molecule has 1 aromatic heterocycles. The predicted octanol–water partition coefficient (Wildman–Crippen LogP) is 2.25. The molecule has 0 amide bonds. The molecule has 1 aliphatic rings. The Hall–Kier alpha value is -0.930. The van der Waals surface area contributed by atoms with Crippen molar-refractivity contribution in [2.24, 2.45) is 0 Å². The molecular weight excluding hydrogens is 224 g/mol. The number of aryl methyl sites for hydroxylation is 1. The molecule has 2 rings (SSSR count). The van der Waals surface area contributed by atoms with Gasteiger partial charge in [-0.15, -0.1) is 0 Å². The van der Waals surface area contributed by atoms with Crippen LogP contribution in [-0.4, -0.2) is 28.8 Å². The number of hydrogen-bond donors (Lipinski definition) is 2. The molecule has 0 spiro atoms. The van der Waals surface area contributed by atoms with E-state index in [1.54, 1.807) is 0 Å². The van der Waals surface area contributed by atoms with Gasteiger partial charge in [-0.1, -0.05) is 13.0 Å². The van der Waals surface area contributed by atoms with Crippen molar-refractivity contribution >= 4 is 0 Å². The average Bonchev–Trinajstić information content (AvgIpc) is 2.79. The van der Waals surface area contributed by atoms with Crippen molar-refractivity contribution in [3.63, 3.8) is 0 Å². The lowest BCUT2D eigenvalue weighted by molar-refractivity contribution is 0.0215. The van der Waals surface area contributed by atoms with Gasteiger partial charge in [-0.3, -0.25) is 4.98 Å². The second kappa shape index (κ2) is 5.81. The molecule has 0 bridgehead atoms. The van der Waals surface area contributed by atoms with E-state index >= 15 is 0 Å². The summed E-state index contributed by atoms with van der Waals surface area (Å²) in [6, 6.07) is 4.12. The third-order valence-electron chi connectivity index (χ3n) is 3.94. The van der Waals surface area contributed by atoms with E-state index in [0.29, 0.717) is 0 Å². The zero-order valence-electron chi connectivity index (χ0n) is 11.4. The number of aliphatic hydroxyl groups is 1. The molecule has 2 unspecified atom stereocenters. The van der Waals surface area contributed by atoms with E-state index in [-0.39, 0.29) is 5.92 Å². The summed E-state index contributed by atoms with van der Waals surface area (Å²) >= 11 is 0. The zero-order chi connectivity index (χ0) is 13.0. The first-order chi connectivity index (χ1) is 8.65. The highest BCUT2D eigenvalue weighted by atomic mass is 16.3. The Labute approximate surface area is 110 Å². The lowest BCUT2D eigenvalue weighted by Crippen LogP contribution is -2.36. The van der Waals surface area contributed by atoms with E-state index in [2.05, 4.69) is 23.3 Å². The fraction of sp³-hybridized carbons (Fsp3) is 0.667. The second-order valence-electron chi connectivity index (χ2n) is 5.50. The number of nitrogens with zero attached hydrogens (tertiary/aromatic N) is 1. The lowest BCUT2D eigenvalue weighted by atomic mass is 9.84. The third-order valence-corrected chi connectivity index (χ3v) is 3.94.